The fourth-order valence-corrected chi connectivity index (χ4v) is 8.23. The molecule has 1 aromatic rings. The monoisotopic (exact) mass is 516 g/mol. The van der Waals surface area contributed by atoms with E-state index in [1.165, 1.54) is 11.8 Å². The van der Waals surface area contributed by atoms with Crippen molar-refractivity contribution in [2.75, 3.05) is 31.2 Å². The number of cyclic esters (lactones) is 1. The second kappa shape index (κ2) is 9.64. The SMILES string of the molecule is Cc1cccc(Cl)c1N1CC=C[C@]23S[C@@H]4/C=C\CCCOC(=O)[C@@H]4[C@H]2C(=O)N(CCCO)C3C1=O. The van der Waals surface area contributed by atoms with Gasteiger partial charge in [-0.2, -0.15) is 0 Å². The number of rotatable bonds is 4. The van der Waals surface area contributed by atoms with Crippen LogP contribution in [0.4, 0.5) is 5.69 Å². The van der Waals surface area contributed by atoms with Crippen LogP contribution in [0.5, 0.6) is 0 Å². The Bertz CT molecular complexity index is 1090. The lowest BCUT2D eigenvalue weighted by atomic mass is 9.78. The highest BCUT2D eigenvalue weighted by Crippen LogP contribution is 2.61. The van der Waals surface area contributed by atoms with Crippen molar-refractivity contribution >= 4 is 46.8 Å². The summed E-state index contributed by atoms with van der Waals surface area (Å²) in [6.45, 7) is 2.66. The van der Waals surface area contributed by atoms with Gasteiger partial charge in [0, 0.05) is 24.9 Å². The molecule has 1 N–H and O–H groups in total. The predicted molar refractivity (Wildman–Crippen MR) is 135 cm³/mol. The van der Waals surface area contributed by atoms with Gasteiger partial charge in [-0.15, -0.1) is 11.8 Å². The van der Waals surface area contributed by atoms with E-state index in [0.29, 0.717) is 30.3 Å². The number of aryl methyl sites for hydroxylation is 1. The molecule has 7 nitrogen and oxygen atoms in total. The van der Waals surface area contributed by atoms with Crippen LogP contribution < -0.4 is 4.90 Å². The molecule has 1 aromatic carbocycles. The zero-order valence-corrected chi connectivity index (χ0v) is 21.1. The van der Waals surface area contributed by atoms with E-state index in [1.54, 1.807) is 15.9 Å². The number of likely N-dealkylation sites (tertiary alicyclic amines) is 1. The van der Waals surface area contributed by atoms with Crippen LogP contribution in [0, 0.1) is 18.8 Å². The Hall–Kier alpha value is -2.29. The van der Waals surface area contributed by atoms with Gasteiger partial charge in [0.1, 0.15) is 6.04 Å². The molecule has 0 aromatic heterocycles. The number of ether oxygens (including phenoxy) is 1. The Morgan fingerprint density at radius 3 is 2.83 bits per heavy atom. The lowest BCUT2D eigenvalue weighted by Crippen LogP contribution is -2.53. The number of anilines is 1. The Morgan fingerprint density at radius 1 is 1.23 bits per heavy atom. The molecule has 35 heavy (non-hydrogen) atoms. The summed E-state index contributed by atoms with van der Waals surface area (Å²) < 4.78 is 4.65. The number of fused-ring (bicyclic) bond motifs is 2. The van der Waals surface area contributed by atoms with Crippen molar-refractivity contribution in [2.45, 2.75) is 42.2 Å². The summed E-state index contributed by atoms with van der Waals surface area (Å²) >= 11 is 8.06. The van der Waals surface area contributed by atoms with E-state index in [9.17, 15) is 19.5 Å². The van der Waals surface area contributed by atoms with Crippen molar-refractivity contribution < 1.29 is 24.2 Å². The van der Waals surface area contributed by atoms with Gasteiger partial charge in [0.2, 0.25) is 5.91 Å². The summed E-state index contributed by atoms with van der Waals surface area (Å²) in [5.74, 6) is -2.23. The number of aliphatic hydroxyl groups is 1. The molecule has 0 radical (unpaired) electrons. The number of esters is 1. The fourth-order valence-electron chi connectivity index (χ4n) is 5.90. The van der Waals surface area contributed by atoms with Crippen molar-refractivity contribution in [1.82, 2.24) is 4.90 Å². The molecule has 1 spiro atoms. The van der Waals surface area contributed by atoms with Crippen LogP contribution in [0.15, 0.2) is 42.5 Å². The minimum absolute atomic E-state index is 0.102. The van der Waals surface area contributed by atoms with E-state index in [2.05, 4.69) is 6.08 Å². The quantitative estimate of drug-likeness (QED) is 0.489. The average molecular weight is 517 g/mol. The van der Waals surface area contributed by atoms with Gasteiger partial charge in [-0.05, 0) is 37.8 Å². The number of nitrogens with zero attached hydrogens (tertiary/aromatic N) is 2. The van der Waals surface area contributed by atoms with Crippen LogP contribution in [0.2, 0.25) is 5.02 Å². The number of amides is 2. The molecular formula is C26H29ClN2O5S. The molecular weight excluding hydrogens is 488 g/mol. The third-order valence-corrected chi connectivity index (χ3v) is 9.42. The molecule has 5 rings (SSSR count). The highest BCUT2D eigenvalue weighted by molar-refractivity contribution is 8.02. The largest absolute Gasteiger partial charge is 0.465 e. The minimum atomic E-state index is -0.911. The lowest BCUT2D eigenvalue weighted by Gasteiger charge is -2.35. The molecule has 4 aliphatic rings. The maximum Gasteiger partial charge on any atom is 0.311 e. The minimum Gasteiger partial charge on any atom is -0.465 e. The number of halogens is 1. The third-order valence-electron chi connectivity index (χ3n) is 7.37. The first-order valence-electron chi connectivity index (χ1n) is 12.1. The topological polar surface area (TPSA) is 87.2 Å². The highest BCUT2D eigenvalue weighted by Gasteiger charge is 2.71. The van der Waals surface area contributed by atoms with Gasteiger partial charge in [0.25, 0.3) is 5.91 Å². The van der Waals surface area contributed by atoms with E-state index in [0.717, 1.165) is 18.4 Å². The van der Waals surface area contributed by atoms with Crippen molar-refractivity contribution in [2.24, 2.45) is 11.8 Å². The Kier molecular flexibility index (Phi) is 6.72. The maximum atomic E-state index is 14.3. The smallest absolute Gasteiger partial charge is 0.311 e. The number of carbonyl (C=O) groups is 3. The van der Waals surface area contributed by atoms with Crippen LogP contribution in [-0.4, -0.2) is 70.1 Å². The van der Waals surface area contributed by atoms with Crippen LogP contribution in [0.1, 0.15) is 24.8 Å². The number of hydrogen-bond donors (Lipinski definition) is 1. The number of benzene rings is 1. The Labute approximate surface area is 214 Å². The molecule has 186 valence electrons. The molecule has 2 amide bonds. The molecule has 4 aliphatic heterocycles. The molecule has 0 aliphatic carbocycles. The molecule has 0 saturated carbocycles. The predicted octanol–water partition coefficient (Wildman–Crippen LogP) is 3.12. The summed E-state index contributed by atoms with van der Waals surface area (Å²) in [5, 5.41) is 9.72. The maximum absolute atomic E-state index is 14.3. The first kappa shape index (κ1) is 24.4. The molecule has 2 saturated heterocycles. The molecule has 0 bridgehead atoms. The molecule has 2 fully saturated rings. The number of aliphatic hydroxyl groups excluding tert-OH is 1. The van der Waals surface area contributed by atoms with Crippen molar-refractivity contribution in [3.05, 3.63) is 53.1 Å². The second-order valence-corrected chi connectivity index (χ2v) is 11.3. The van der Waals surface area contributed by atoms with E-state index in [1.807, 2.05) is 37.3 Å². The number of carbonyl (C=O) groups excluding carboxylic acids is 3. The van der Waals surface area contributed by atoms with E-state index >= 15 is 0 Å². The van der Waals surface area contributed by atoms with Gasteiger partial charge in [0.05, 0.1) is 33.9 Å². The number of para-hydroxylation sites is 1. The summed E-state index contributed by atoms with van der Waals surface area (Å²) in [6.07, 6.45) is 9.83. The van der Waals surface area contributed by atoms with Gasteiger partial charge < -0.3 is 19.6 Å². The summed E-state index contributed by atoms with van der Waals surface area (Å²) in [7, 11) is 0. The molecule has 4 heterocycles. The van der Waals surface area contributed by atoms with Gasteiger partial charge >= 0.3 is 5.97 Å². The van der Waals surface area contributed by atoms with Crippen LogP contribution >= 0.6 is 23.4 Å². The standard InChI is InChI=1S/C26H29ClN2O5S/c1-16-8-5-9-17(27)21(16)28-12-6-11-26-20(23(31)29(13-7-14-30)22(26)24(28)32)19-18(35-26)10-3-2-4-15-34-25(19)33/h3,5-6,8-11,18-20,22,30H,2,4,7,12-15H2,1H3/b10-3-/t18-,19+,20+,22?,26+/m1/s1. The molecule has 5 atom stereocenters. The second-order valence-electron chi connectivity index (χ2n) is 9.45. The van der Waals surface area contributed by atoms with Crippen molar-refractivity contribution in [3.63, 3.8) is 0 Å². The number of hydrogen-bond acceptors (Lipinski definition) is 6. The van der Waals surface area contributed by atoms with E-state index in [-0.39, 0.29) is 36.2 Å². The van der Waals surface area contributed by atoms with Crippen molar-refractivity contribution in [1.29, 1.82) is 0 Å². The summed E-state index contributed by atoms with van der Waals surface area (Å²) in [5.41, 5.74) is 1.49. The zero-order chi connectivity index (χ0) is 24.7. The summed E-state index contributed by atoms with van der Waals surface area (Å²) in [4.78, 5) is 44.7. The first-order valence-corrected chi connectivity index (χ1v) is 13.3. The zero-order valence-electron chi connectivity index (χ0n) is 19.6. The normalized spacial score (nSPS) is 33.3. The number of allylic oxidation sites excluding steroid dienone is 1. The first-order chi connectivity index (χ1) is 16.9. The Morgan fingerprint density at radius 2 is 2.06 bits per heavy atom. The third kappa shape index (κ3) is 3.90. The molecule has 1 unspecified atom stereocenters. The van der Waals surface area contributed by atoms with Gasteiger partial charge in [-0.3, -0.25) is 14.4 Å². The number of thioether (sulfide) groups is 1. The highest BCUT2D eigenvalue weighted by atomic mass is 35.5. The summed E-state index contributed by atoms with van der Waals surface area (Å²) in [6, 6.07) is 4.68. The van der Waals surface area contributed by atoms with E-state index in [4.69, 9.17) is 16.3 Å². The van der Waals surface area contributed by atoms with Crippen LogP contribution in [0.25, 0.3) is 0 Å². The van der Waals surface area contributed by atoms with E-state index < -0.39 is 22.6 Å². The average Bonchev–Trinajstić information content (AvgIpc) is 3.23. The van der Waals surface area contributed by atoms with Gasteiger partial charge in [-0.25, -0.2) is 0 Å². The van der Waals surface area contributed by atoms with Crippen LogP contribution in [0.3, 0.4) is 0 Å². The van der Waals surface area contributed by atoms with Crippen molar-refractivity contribution in [3.8, 4) is 0 Å². The van der Waals surface area contributed by atoms with Gasteiger partial charge in [0.15, 0.2) is 0 Å². The Balaban J connectivity index is 1.63. The lowest BCUT2D eigenvalue weighted by molar-refractivity contribution is -0.153. The molecule has 9 heteroatoms. The van der Waals surface area contributed by atoms with Gasteiger partial charge in [-0.1, -0.05) is 48.0 Å². The van der Waals surface area contributed by atoms with Crippen LogP contribution in [-0.2, 0) is 19.1 Å². The fraction of sp³-hybridized carbons (Fsp3) is 0.500.